The number of fused-ring (bicyclic) bond motifs is 1. The lowest BCUT2D eigenvalue weighted by atomic mass is 10.3. The van der Waals surface area contributed by atoms with Crippen molar-refractivity contribution in [3.05, 3.63) is 12.7 Å². The van der Waals surface area contributed by atoms with Gasteiger partial charge in [0.2, 0.25) is 5.91 Å². The molecule has 1 aliphatic rings. The maximum absolute atomic E-state index is 12.2. The van der Waals surface area contributed by atoms with Crippen LogP contribution in [0.25, 0.3) is 11.2 Å². The van der Waals surface area contributed by atoms with E-state index in [1.807, 2.05) is 7.05 Å². The number of nitrogens with one attached hydrogen (secondary N) is 3. The van der Waals surface area contributed by atoms with E-state index < -0.39 is 0 Å². The van der Waals surface area contributed by atoms with E-state index in [2.05, 4.69) is 35.5 Å². The number of thioether (sulfide) groups is 1. The molecule has 22 heavy (non-hydrogen) atoms. The first-order valence-corrected chi connectivity index (χ1v) is 8.27. The molecule has 0 radical (unpaired) electrons. The molecule has 3 N–H and O–H groups in total. The number of rotatable bonds is 5. The Morgan fingerprint density at radius 3 is 3.23 bits per heavy atom. The van der Waals surface area contributed by atoms with Crippen molar-refractivity contribution in [3.8, 4) is 0 Å². The van der Waals surface area contributed by atoms with Crippen LogP contribution >= 0.6 is 11.8 Å². The van der Waals surface area contributed by atoms with E-state index in [1.54, 1.807) is 18.1 Å². The molecule has 0 bridgehead atoms. The summed E-state index contributed by atoms with van der Waals surface area (Å²) in [5, 5.41) is 5.89. The molecule has 0 aromatic carbocycles. The second-order valence-electron chi connectivity index (χ2n) is 5.00. The molecule has 0 aliphatic carbocycles. The Kier molecular flexibility index (Phi) is 4.74. The van der Waals surface area contributed by atoms with Gasteiger partial charge in [-0.1, -0.05) is 0 Å². The maximum atomic E-state index is 12.2. The van der Waals surface area contributed by atoms with Gasteiger partial charge in [0.05, 0.1) is 6.33 Å². The number of imidazole rings is 1. The van der Waals surface area contributed by atoms with Crippen molar-refractivity contribution < 1.29 is 4.79 Å². The summed E-state index contributed by atoms with van der Waals surface area (Å²) >= 11 is 1.69. The molecule has 9 heteroatoms. The van der Waals surface area contributed by atoms with Crippen molar-refractivity contribution in [2.45, 2.75) is 5.25 Å². The van der Waals surface area contributed by atoms with Crippen LogP contribution in [-0.4, -0.2) is 70.1 Å². The van der Waals surface area contributed by atoms with Crippen LogP contribution in [-0.2, 0) is 4.79 Å². The number of hydrogen-bond donors (Lipinski definition) is 3. The Labute approximate surface area is 132 Å². The van der Waals surface area contributed by atoms with Crippen molar-refractivity contribution in [1.82, 2.24) is 30.6 Å². The molecule has 0 spiro atoms. The largest absolute Gasteiger partial charge is 0.354 e. The molecule has 1 saturated heterocycles. The van der Waals surface area contributed by atoms with Gasteiger partial charge in [0.15, 0.2) is 11.5 Å². The molecule has 3 rings (SSSR count). The molecule has 118 valence electrons. The number of hydrogen-bond acceptors (Lipinski definition) is 7. The summed E-state index contributed by atoms with van der Waals surface area (Å²) in [5.74, 6) is 1.79. The zero-order valence-corrected chi connectivity index (χ0v) is 13.2. The van der Waals surface area contributed by atoms with Crippen LogP contribution < -0.4 is 15.5 Å². The number of carbonyl (C=O) groups is 1. The van der Waals surface area contributed by atoms with Crippen molar-refractivity contribution in [3.63, 3.8) is 0 Å². The number of aromatic amines is 1. The van der Waals surface area contributed by atoms with E-state index in [1.165, 1.54) is 6.33 Å². The molecule has 1 unspecified atom stereocenters. The smallest absolute Gasteiger partial charge is 0.234 e. The molecule has 3 heterocycles. The van der Waals surface area contributed by atoms with Crippen LogP contribution in [0, 0.1) is 0 Å². The number of nitrogens with zero attached hydrogens (tertiary/aromatic N) is 4. The van der Waals surface area contributed by atoms with Crippen LogP contribution in [0.5, 0.6) is 0 Å². The standard InChI is InChI=1S/C13H19N7OS/c1-14-2-3-15-13(21)9-6-20(4-5-22-9)12-10-11(17-7-16-10)18-8-19-12/h7-9,14H,2-6H2,1H3,(H,15,21)(H,16,17,18,19). The van der Waals surface area contributed by atoms with Gasteiger partial charge in [-0.2, -0.15) is 0 Å². The number of aromatic nitrogens is 4. The third-order valence-electron chi connectivity index (χ3n) is 3.54. The van der Waals surface area contributed by atoms with Crippen molar-refractivity contribution in [2.24, 2.45) is 0 Å². The highest BCUT2D eigenvalue weighted by molar-refractivity contribution is 8.00. The van der Waals surface area contributed by atoms with Crippen molar-refractivity contribution >= 4 is 34.7 Å². The number of amides is 1. The summed E-state index contributed by atoms with van der Waals surface area (Å²) < 4.78 is 0. The number of likely N-dealkylation sites (N-methyl/N-ethyl adjacent to an activating group) is 1. The predicted molar refractivity (Wildman–Crippen MR) is 87.1 cm³/mol. The molecule has 0 saturated carbocycles. The van der Waals surface area contributed by atoms with Gasteiger partial charge in [0.25, 0.3) is 0 Å². The normalized spacial score (nSPS) is 18.6. The molecule has 2 aromatic rings. The van der Waals surface area contributed by atoms with Crippen molar-refractivity contribution in [2.75, 3.05) is 43.9 Å². The third-order valence-corrected chi connectivity index (χ3v) is 4.72. The van der Waals surface area contributed by atoms with Gasteiger partial charge in [-0.25, -0.2) is 15.0 Å². The lowest BCUT2D eigenvalue weighted by Crippen LogP contribution is -2.47. The molecular formula is C13H19N7OS. The van der Waals surface area contributed by atoms with Crippen LogP contribution in [0.3, 0.4) is 0 Å². The van der Waals surface area contributed by atoms with E-state index in [0.717, 1.165) is 30.2 Å². The summed E-state index contributed by atoms with van der Waals surface area (Å²) in [4.78, 5) is 30.1. The van der Waals surface area contributed by atoms with Crippen LogP contribution in [0.15, 0.2) is 12.7 Å². The Morgan fingerprint density at radius 2 is 2.36 bits per heavy atom. The Morgan fingerprint density at radius 1 is 1.45 bits per heavy atom. The third kappa shape index (κ3) is 3.14. The van der Waals surface area contributed by atoms with Gasteiger partial charge in [-0.05, 0) is 7.05 Å². The van der Waals surface area contributed by atoms with Crippen molar-refractivity contribution in [1.29, 1.82) is 0 Å². The summed E-state index contributed by atoms with van der Waals surface area (Å²) in [6, 6.07) is 0. The fourth-order valence-corrected chi connectivity index (χ4v) is 3.55. The lowest BCUT2D eigenvalue weighted by Gasteiger charge is -2.32. The van der Waals surface area contributed by atoms with E-state index >= 15 is 0 Å². The summed E-state index contributed by atoms with van der Waals surface area (Å²) in [6.45, 7) is 2.91. The monoisotopic (exact) mass is 321 g/mol. The lowest BCUT2D eigenvalue weighted by molar-refractivity contribution is -0.120. The number of carbonyl (C=O) groups excluding carboxylic acids is 1. The quantitative estimate of drug-likeness (QED) is 0.645. The molecule has 8 nitrogen and oxygen atoms in total. The zero-order chi connectivity index (χ0) is 15.4. The van der Waals surface area contributed by atoms with Crippen LogP contribution in [0.4, 0.5) is 5.82 Å². The van der Waals surface area contributed by atoms with Crippen LogP contribution in [0.2, 0.25) is 0 Å². The van der Waals surface area contributed by atoms with E-state index in [4.69, 9.17) is 0 Å². The minimum absolute atomic E-state index is 0.0832. The Balaban J connectivity index is 1.70. The fraction of sp³-hybridized carbons (Fsp3) is 0.538. The molecule has 1 aliphatic heterocycles. The SMILES string of the molecule is CNCCNC(=O)C1CN(c2ncnc3nc[nH]c23)CCS1. The minimum Gasteiger partial charge on any atom is -0.354 e. The molecular weight excluding hydrogens is 302 g/mol. The molecule has 2 aromatic heterocycles. The first kappa shape index (κ1) is 15.0. The Bertz CT molecular complexity index is 646. The van der Waals surface area contributed by atoms with Gasteiger partial charge in [0.1, 0.15) is 17.1 Å². The van der Waals surface area contributed by atoms with Gasteiger partial charge in [0, 0.05) is 31.9 Å². The van der Waals surface area contributed by atoms with Gasteiger partial charge in [-0.3, -0.25) is 4.79 Å². The summed E-state index contributed by atoms with van der Waals surface area (Å²) in [7, 11) is 1.87. The van der Waals surface area contributed by atoms with Gasteiger partial charge < -0.3 is 20.5 Å². The maximum Gasteiger partial charge on any atom is 0.234 e. The number of anilines is 1. The highest BCUT2D eigenvalue weighted by atomic mass is 32.2. The van der Waals surface area contributed by atoms with Gasteiger partial charge in [-0.15, -0.1) is 11.8 Å². The number of H-pyrrole nitrogens is 1. The fourth-order valence-electron chi connectivity index (χ4n) is 2.42. The highest BCUT2D eigenvalue weighted by Gasteiger charge is 2.28. The predicted octanol–water partition coefficient (Wildman–Crippen LogP) is -0.390. The molecule has 1 amide bonds. The first-order chi connectivity index (χ1) is 10.8. The second-order valence-corrected chi connectivity index (χ2v) is 6.31. The second kappa shape index (κ2) is 6.93. The van der Waals surface area contributed by atoms with E-state index in [9.17, 15) is 4.79 Å². The van der Waals surface area contributed by atoms with E-state index in [0.29, 0.717) is 18.7 Å². The summed E-state index contributed by atoms with van der Waals surface area (Å²) in [5.41, 5.74) is 1.47. The highest BCUT2D eigenvalue weighted by Crippen LogP contribution is 2.26. The van der Waals surface area contributed by atoms with Gasteiger partial charge >= 0.3 is 0 Å². The minimum atomic E-state index is -0.0847. The van der Waals surface area contributed by atoms with E-state index in [-0.39, 0.29) is 11.2 Å². The zero-order valence-electron chi connectivity index (χ0n) is 12.4. The summed E-state index contributed by atoms with van der Waals surface area (Å²) in [6.07, 6.45) is 3.13. The average Bonchev–Trinajstić information content (AvgIpc) is 3.03. The molecule has 1 fully saturated rings. The topological polar surface area (TPSA) is 98.8 Å². The first-order valence-electron chi connectivity index (χ1n) is 7.22. The Hall–Kier alpha value is -1.87. The average molecular weight is 321 g/mol. The molecule has 1 atom stereocenters. The van der Waals surface area contributed by atoms with Crippen LogP contribution in [0.1, 0.15) is 0 Å².